The van der Waals surface area contributed by atoms with Crippen LogP contribution in [-0.2, 0) is 6.54 Å². The lowest BCUT2D eigenvalue weighted by atomic mass is 10.2. The van der Waals surface area contributed by atoms with Crippen LogP contribution in [0.15, 0.2) is 36.7 Å². The van der Waals surface area contributed by atoms with E-state index in [0.717, 1.165) is 0 Å². The predicted molar refractivity (Wildman–Crippen MR) is 72.9 cm³/mol. The van der Waals surface area contributed by atoms with Crippen LogP contribution in [0, 0.1) is 11.3 Å². The first-order valence-corrected chi connectivity index (χ1v) is 6.16. The van der Waals surface area contributed by atoms with Gasteiger partial charge in [-0.1, -0.05) is 11.6 Å². The predicted octanol–water partition coefficient (Wildman–Crippen LogP) is 1.88. The first-order valence-electron chi connectivity index (χ1n) is 5.78. The van der Waals surface area contributed by atoms with Crippen LogP contribution in [0.25, 0.3) is 0 Å². The fraction of sp³-hybridized carbons (Fsp3) is 0.231. The van der Waals surface area contributed by atoms with Gasteiger partial charge in [0, 0.05) is 24.0 Å². The Morgan fingerprint density at radius 2 is 2.37 bits per heavy atom. The van der Waals surface area contributed by atoms with E-state index < -0.39 is 6.10 Å². The molecule has 1 heterocycles. The number of aromatic nitrogens is 2. The van der Waals surface area contributed by atoms with Gasteiger partial charge in [0.15, 0.2) is 0 Å². The van der Waals surface area contributed by atoms with Crippen LogP contribution in [0.2, 0.25) is 5.02 Å². The number of nitriles is 1. The Labute approximate surface area is 116 Å². The van der Waals surface area contributed by atoms with Crippen molar-refractivity contribution >= 4 is 17.3 Å². The van der Waals surface area contributed by atoms with E-state index in [2.05, 4.69) is 16.5 Å². The summed E-state index contributed by atoms with van der Waals surface area (Å²) < 4.78 is 1.65. The molecule has 0 amide bonds. The van der Waals surface area contributed by atoms with Gasteiger partial charge in [0.2, 0.25) is 0 Å². The molecule has 0 radical (unpaired) electrons. The highest BCUT2D eigenvalue weighted by atomic mass is 35.5. The van der Waals surface area contributed by atoms with Gasteiger partial charge in [-0.05, 0) is 24.3 Å². The molecule has 98 valence electrons. The number of nitrogens with one attached hydrogen (secondary N) is 1. The average Bonchev–Trinajstić information content (AvgIpc) is 2.89. The third-order valence-corrected chi connectivity index (χ3v) is 2.82. The monoisotopic (exact) mass is 276 g/mol. The molecule has 1 atom stereocenters. The third kappa shape index (κ3) is 3.71. The fourth-order valence-electron chi connectivity index (χ4n) is 1.68. The lowest BCUT2D eigenvalue weighted by Crippen LogP contribution is -2.25. The van der Waals surface area contributed by atoms with Gasteiger partial charge in [0.1, 0.15) is 6.07 Å². The standard InChI is InChI=1S/C13H13ClN4O/c14-11-3-2-10(7-15)13(6-11)16-8-12(19)9-18-5-1-4-17-18/h1-6,12,16,19H,8-9H2. The third-order valence-electron chi connectivity index (χ3n) is 2.59. The zero-order valence-electron chi connectivity index (χ0n) is 10.1. The smallest absolute Gasteiger partial charge is 0.101 e. The highest BCUT2D eigenvalue weighted by Gasteiger charge is 2.08. The molecule has 2 N–H and O–H groups in total. The van der Waals surface area contributed by atoms with Crippen LogP contribution < -0.4 is 5.32 Å². The molecular formula is C13H13ClN4O. The van der Waals surface area contributed by atoms with Crippen molar-refractivity contribution < 1.29 is 5.11 Å². The van der Waals surface area contributed by atoms with E-state index in [4.69, 9.17) is 16.9 Å². The number of hydrogen-bond acceptors (Lipinski definition) is 4. The number of aliphatic hydroxyl groups excluding tert-OH is 1. The maximum atomic E-state index is 9.88. The molecule has 1 unspecified atom stereocenters. The summed E-state index contributed by atoms with van der Waals surface area (Å²) in [5, 5.41) is 26.4. The Balaban J connectivity index is 1.95. The van der Waals surface area contributed by atoms with Crippen molar-refractivity contribution in [3.05, 3.63) is 47.2 Å². The van der Waals surface area contributed by atoms with Gasteiger partial charge in [0.05, 0.1) is 23.9 Å². The van der Waals surface area contributed by atoms with Gasteiger partial charge >= 0.3 is 0 Å². The molecule has 6 heteroatoms. The normalized spacial score (nSPS) is 11.8. The summed E-state index contributed by atoms with van der Waals surface area (Å²) >= 11 is 5.88. The average molecular weight is 277 g/mol. The van der Waals surface area contributed by atoms with Crippen molar-refractivity contribution in [2.24, 2.45) is 0 Å². The second kappa shape index (κ2) is 6.23. The number of halogens is 1. The van der Waals surface area contributed by atoms with E-state index in [-0.39, 0.29) is 0 Å². The number of benzene rings is 1. The van der Waals surface area contributed by atoms with Gasteiger partial charge in [-0.15, -0.1) is 0 Å². The topological polar surface area (TPSA) is 73.9 Å². The van der Waals surface area contributed by atoms with E-state index in [1.807, 2.05) is 0 Å². The lowest BCUT2D eigenvalue weighted by molar-refractivity contribution is 0.161. The summed E-state index contributed by atoms with van der Waals surface area (Å²) in [7, 11) is 0. The van der Waals surface area contributed by atoms with Crippen LogP contribution >= 0.6 is 11.6 Å². The molecular weight excluding hydrogens is 264 g/mol. The Morgan fingerprint density at radius 1 is 1.53 bits per heavy atom. The van der Waals surface area contributed by atoms with Crippen molar-refractivity contribution in [1.82, 2.24) is 9.78 Å². The molecule has 0 aliphatic heterocycles. The molecule has 2 aromatic rings. The highest BCUT2D eigenvalue weighted by molar-refractivity contribution is 6.30. The molecule has 2 rings (SSSR count). The molecule has 0 saturated heterocycles. The first-order chi connectivity index (χ1) is 9.19. The van der Waals surface area contributed by atoms with E-state index in [1.54, 1.807) is 41.3 Å². The molecule has 0 fully saturated rings. The lowest BCUT2D eigenvalue weighted by Gasteiger charge is -2.14. The van der Waals surface area contributed by atoms with Crippen molar-refractivity contribution in [2.75, 3.05) is 11.9 Å². The fourth-order valence-corrected chi connectivity index (χ4v) is 1.85. The van der Waals surface area contributed by atoms with Crippen LogP contribution in [0.5, 0.6) is 0 Å². The maximum Gasteiger partial charge on any atom is 0.101 e. The van der Waals surface area contributed by atoms with E-state index in [1.165, 1.54) is 0 Å². The van der Waals surface area contributed by atoms with Crippen molar-refractivity contribution in [3.63, 3.8) is 0 Å². The minimum Gasteiger partial charge on any atom is -0.389 e. The molecule has 0 bridgehead atoms. The van der Waals surface area contributed by atoms with Gasteiger partial charge in [0.25, 0.3) is 0 Å². The maximum absolute atomic E-state index is 9.88. The van der Waals surface area contributed by atoms with Gasteiger partial charge < -0.3 is 10.4 Å². The second-order valence-corrected chi connectivity index (χ2v) is 4.50. The molecule has 0 aliphatic rings. The van der Waals surface area contributed by atoms with Gasteiger partial charge in [-0.25, -0.2) is 0 Å². The molecule has 0 aliphatic carbocycles. The molecule has 1 aromatic heterocycles. The number of rotatable bonds is 5. The summed E-state index contributed by atoms with van der Waals surface area (Å²) in [5.41, 5.74) is 1.12. The number of nitrogens with zero attached hydrogens (tertiary/aromatic N) is 3. The van der Waals surface area contributed by atoms with Crippen LogP contribution in [0.3, 0.4) is 0 Å². The molecule has 19 heavy (non-hydrogen) atoms. The van der Waals surface area contributed by atoms with Crippen LogP contribution in [0.4, 0.5) is 5.69 Å². The molecule has 1 aromatic carbocycles. The van der Waals surface area contributed by atoms with E-state index >= 15 is 0 Å². The quantitative estimate of drug-likeness (QED) is 0.874. The molecule has 5 nitrogen and oxygen atoms in total. The van der Waals surface area contributed by atoms with E-state index in [0.29, 0.717) is 29.4 Å². The first kappa shape index (κ1) is 13.4. The Hall–Kier alpha value is -2.03. The summed E-state index contributed by atoms with van der Waals surface area (Å²) in [5.74, 6) is 0. The molecule has 0 spiro atoms. The SMILES string of the molecule is N#Cc1ccc(Cl)cc1NCC(O)Cn1cccn1. The largest absolute Gasteiger partial charge is 0.389 e. The van der Waals surface area contributed by atoms with E-state index in [9.17, 15) is 5.11 Å². The minimum atomic E-state index is -0.606. The highest BCUT2D eigenvalue weighted by Crippen LogP contribution is 2.20. The summed E-state index contributed by atoms with van der Waals surface area (Å²) in [6, 6.07) is 8.84. The number of anilines is 1. The molecule has 0 saturated carbocycles. The number of aliphatic hydroxyl groups is 1. The van der Waals surface area contributed by atoms with Crippen molar-refractivity contribution in [3.8, 4) is 6.07 Å². The van der Waals surface area contributed by atoms with Gasteiger partial charge in [-0.3, -0.25) is 4.68 Å². The Bertz CT molecular complexity index is 577. The van der Waals surface area contributed by atoms with Crippen LogP contribution in [-0.4, -0.2) is 27.5 Å². The second-order valence-electron chi connectivity index (χ2n) is 4.06. The van der Waals surface area contributed by atoms with Crippen LogP contribution in [0.1, 0.15) is 5.56 Å². The van der Waals surface area contributed by atoms with Gasteiger partial charge in [-0.2, -0.15) is 10.4 Å². The zero-order valence-corrected chi connectivity index (χ0v) is 10.9. The van der Waals surface area contributed by atoms with Crippen molar-refractivity contribution in [1.29, 1.82) is 5.26 Å². The minimum absolute atomic E-state index is 0.314. The summed E-state index contributed by atoms with van der Waals surface area (Å²) in [6.07, 6.45) is 2.83. The Morgan fingerprint density at radius 3 is 3.05 bits per heavy atom. The summed E-state index contributed by atoms with van der Waals surface area (Å²) in [4.78, 5) is 0. The Kier molecular flexibility index (Phi) is 4.39. The van der Waals surface area contributed by atoms with Crippen molar-refractivity contribution in [2.45, 2.75) is 12.6 Å². The zero-order chi connectivity index (χ0) is 13.7. The number of hydrogen-bond donors (Lipinski definition) is 2. The summed E-state index contributed by atoms with van der Waals surface area (Å²) in [6.45, 7) is 0.706.